The Morgan fingerprint density at radius 1 is 1.44 bits per heavy atom. The van der Waals surface area contributed by atoms with Gasteiger partial charge in [0.15, 0.2) is 0 Å². The fourth-order valence-corrected chi connectivity index (χ4v) is 1.59. The fraction of sp³-hybridized carbons (Fsp3) is 0.385. The van der Waals surface area contributed by atoms with Crippen LogP contribution in [0.15, 0.2) is 24.3 Å². The molecule has 0 saturated heterocycles. The van der Waals surface area contributed by atoms with Gasteiger partial charge in [-0.15, -0.1) is 0 Å². The maximum Gasteiger partial charge on any atom is 0.326 e. The summed E-state index contributed by atoms with van der Waals surface area (Å²) in [4.78, 5) is 23.0. The molecule has 4 N–H and O–H groups in total. The highest BCUT2D eigenvalue weighted by molar-refractivity contribution is 5.97. The Labute approximate surface area is 106 Å². The third kappa shape index (κ3) is 3.48. The largest absolute Gasteiger partial charge is 0.480 e. The van der Waals surface area contributed by atoms with Crippen LogP contribution in [0.1, 0.15) is 30.6 Å². The summed E-state index contributed by atoms with van der Waals surface area (Å²) in [6.45, 7) is 3.67. The molecule has 0 spiro atoms. The van der Waals surface area contributed by atoms with Crippen LogP contribution < -0.4 is 11.1 Å². The maximum atomic E-state index is 11.9. The normalized spacial score (nSPS) is 13.7. The number of carbonyl (C=O) groups excluding carboxylic acids is 1. The molecule has 1 aromatic carbocycles. The van der Waals surface area contributed by atoms with E-state index in [1.807, 2.05) is 6.92 Å². The Hall–Kier alpha value is -2.04. The van der Waals surface area contributed by atoms with Crippen molar-refractivity contribution in [1.29, 1.82) is 0 Å². The van der Waals surface area contributed by atoms with Crippen LogP contribution in [-0.2, 0) is 4.79 Å². The number of carbonyl (C=O) groups is 2. The van der Waals surface area contributed by atoms with Gasteiger partial charge in [0.2, 0.25) is 0 Å². The van der Waals surface area contributed by atoms with Gasteiger partial charge in [0.05, 0.1) is 0 Å². The minimum absolute atomic E-state index is 0.132. The molecular formula is C13H18N2O3. The molecule has 0 heterocycles. The predicted molar refractivity (Wildman–Crippen MR) is 69.2 cm³/mol. The number of carboxylic acid groups (broad SMARTS) is 1. The summed E-state index contributed by atoms with van der Waals surface area (Å²) in [7, 11) is 0. The number of benzene rings is 1. The number of anilines is 1. The van der Waals surface area contributed by atoms with Crippen molar-refractivity contribution in [3.05, 3.63) is 29.8 Å². The molecule has 5 nitrogen and oxygen atoms in total. The van der Waals surface area contributed by atoms with E-state index in [0.29, 0.717) is 17.7 Å². The minimum atomic E-state index is -1.03. The standard InChI is InChI=1S/C13H18N2O3/c1-3-8(2)11(13(17)18)15-12(16)9-5-4-6-10(14)7-9/h4-8,11H,3,14H2,1-2H3,(H,15,16)(H,17,18)/t8-,11-/m0/s1. The molecule has 0 saturated carbocycles. The Kier molecular flexibility index (Phi) is 4.71. The van der Waals surface area contributed by atoms with E-state index in [-0.39, 0.29) is 5.92 Å². The first-order chi connectivity index (χ1) is 8.45. The van der Waals surface area contributed by atoms with E-state index < -0.39 is 17.9 Å². The number of amides is 1. The summed E-state index contributed by atoms with van der Waals surface area (Å²) in [6, 6.07) is 5.55. The summed E-state index contributed by atoms with van der Waals surface area (Å²) in [6.07, 6.45) is 0.675. The van der Waals surface area contributed by atoms with Gasteiger partial charge in [0, 0.05) is 11.3 Å². The Morgan fingerprint density at radius 2 is 2.11 bits per heavy atom. The second kappa shape index (κ2) is 6.05. The lowest BCUT2D eigenvalue weighted by molar-refractivity contribution is -0.140. The van der Waals surface area contributed by atoms with Gasteiger partial charge in [-0.1, -0.05) is 26.3 Å². The van der Waals surface area contributed by atoms with Gasteiger partial charge in [0.1, 0.15) is 6.04 Å². The molecule has 5 heteroatoms. The number of nitrogen functional groups attached to an aromatic ring is 1. The van der Waals surface area contributed by atoms with E-state index in [1.165, 1.54) is 6.07 Å². The number of rotatable bonds is 5. The molecule has 2 atom stereocenters. The highest BCUT2D eigenvalue weighted by atomic mass is 16.4. The van der Waals surface area contributed by atoms with Gasteiger partial charge in [0.25, 0.3) is 5.91 Å². The third-order valence-corrected chi connectivity index (χ3v) is 2.91. The number of hydrogen-bond acceptors (Lipinski definition) is 3. The molecule has 0 fully saturated rings. The lowest BCUT2D eigenvalue weighted by Gasteiger charge is -2.20. The van der Waals surface area contributed by atoms with Gasteiger partial charge in [-0.05, 0) is 24.1 Å². The Balaban J connectivity index is 2.82. The van der Waals surface area contributed by atoms with E-state index in [9.17, 15) is 9.59 Å². The molecule has 1 aromatic rings. The molecule has 0 radical (unpaired) electrons. The third-order valence-electron chi connectivity index (χ3n) is 2.91. The summed E-state index contributed by atoms with van der Waals surface area (Å²) in [5.41, 5.74) is 6.41. The van der Waals surface area contributed by atoms with Crippen LogP contribution in [0.4, 0.5) is 5.69 Å². The average Bonchev–Trinajstić information content (AvgIpc) is 2.34. The number of nitrogens with two attached hydrogens (primary N) is 1. The van der Waals surface area contributed by atoms with Gasteiger partial charge in [-0.2, -0.15) is 0 Å². The predicted octanol–water partition coefficient (Wildman–Crippen LogP) is 1.50. The minimum Gasteiger partial charge on any atom is -0.480 e. The van der Waals surface area contributed by atoms with Crippen molar-refractivity contribution in [2.24, 2.45) is 5.92 Å². The number of aliphatic carboxylic acids is 1. The Morgan fingerprint density at radius 3 is 2.61 bits per heavy atom. The maximum absolute atomic E-state index is 11.9. The number of carboxylic acids is 1. The summed E-state index contributed by atoms with van der Waals surface area (Å²) < 4.78 is 0. The van der Waals surface area contributed by atoms with Crippen molar-refractivity contribution in [2.45, 2.75) is 26.3 Å². The van der Waals surface area contributed by atoms with E-state index in [4.69, 9.17) is 10.8 Å². The monoisotopic (exact) mass is 250 g/mol. The van der Waals surface area contributed by atoms with Gasteiger partial charge >= 0.3 is 5.97 Å². The first-order valence-corrected chi connectivity index (χ1v) is 5.85. The average molecular weight is 250 g/mol. The summed E-state index contributed by atoms with van der Waals surface area (Å²) in [5, 5.41) is 11.6. The molecule has 0 aliphatic carbocycles. The second-order valence-corrected chi connectivity index (χ2v) is 4.30. The van der Waals surface area contributed by atoms with E-state index in [2.05, 4.69) is 5.32 Å². The molecule has 0 bridgehead atoms. The van der Waals surface area contributed by atoms with E-state index >= 15 is 0 Å². The van der Waals surface area contributed by atoms with Crippen LogP contribution >= 0.6 is 0 Å². The van der Waals surface area contributed by atoms with Crippen LogP contribution in [0, 0.1) is 5.92 Å². The summed E-state index contributed by atoms with van der Waals surface area (Å²) in [5.74, 6) is -1.58. The van der Waals surface area contributed by atoms with Crippen LogP contribution in [0.2, 0.25) is 0 Å². The molecule has 0 aliphatic rings. The van der Waals surface area contributed by atoms with E-state index in [1.54, 1.807) is 25.1 Å². The lowest BCUT2D eigenvalue weighted by atomic mass is 9.99. The quantitative estimate of drug-likeness (QED) is 0.690. The first-order valence-electron chi connectivity index (χ1n) is 5.85. The zero-order valence-corrected chi connectivity index (χ0v) is 10.5. The van der Waals surface area contributed by atoms with Crippen molar-refractivity contribution >= 4 is 17.6 Å². The van der Waals surface area contributed by atoms with Crippen LogP contribution in [0.3, 0.4) is 0 Å². The van der Waals surface area contributed by atoms with E-state index in [0.717, 1.165) is 0 Å². The molecule has 1 rings (SSSR count). The summed E-state index contributed by atoms with van der Waals surface area (Å²) >= 11 is 0. The molecule has 1 amide bonds. The molecule has 0 unspecified atom stereocenters. The number of hydrogen-bond donors (Lipinski definition) is 3. The highest BCUT2D eigenvalue weighted by Crippen LogP contribution is 2.11. The van der Waals surface area contributed by atoms with Crippen LogP contribution in [-0.4, -0.2) is 23.0 Å². The highest BCUT2D eigenvalue weighted by Gasteiger charge is 2.25. The van der Waals surface area contributed by atoms with Gasteiger partial charge < -0.3 is 16.2 Å². The zero-order valence-electron chi connectivity index (χ0n) is 10.5. The Bertz CT molecular complexity index is 446. The lowest BCUT2D eigenvalue weighted by Crippen LogP contribution is -2.45. The van der Waals surface area contributed by atoms with Crippen molar-refractivity contribution in [2.75, 3.05) is 5.73 Å². The zero-order chi connectivity index (χ0) is 13.7. The molecule has 98 valence electrons. The second-order valence-electron chi connectivity index (χ2n) is 4.30. The first kappa shape index (κ1) is 14.0. The van der Waals surface area contributed by atoms with Crippen molar-refractivity contribution in [3.63, 3.8) is 0 Å². The van der Waals surface area contributed by atoms with Gasteiger partial charge in [-0.25, -0.2) is 4.79 Å². The smallest absolute Gasteiger partial charge is 0.326 e. The SMILES string of the molecule is CC[C@H](C)[C@H](NC(=O)c1cccc(N)c1)C(=O)O. The molecule has 0 aliphatic heterocycles. The molecule has 18 heavy (non-hydrogen) atoms. The molecule has 0 aromatic heterocycles. The topological polar surface area (TPSA) is 92.4 Å². The van der Waals surface area contributed by atoms with Gasteiger partial charge in [-0.3, -0.25) is 4.79 Å². The van der Waals surface area contributed by atoms with Crippen molar-refractivity contribution in [3.8, 4) is 0 Å². The molecular weight excluding hydrogens is 232 g/mol. The van der Waals surface area contributed by atoms with Crippen LogP contribution in [0.5, 0.6) is 0 Å². The van der Waals surface area contributed by atoms with Crippen molar-refractivity contribution < 1.29 is 14.7 Å². The van der Waals surface area contributed by atoms with Crippen LogP contribution in [0.25, 0.3) is 0 Å². The van der Waals surface area contributed by atoms with Crippen molar-refractivity contribution in [1.82, 2.24) is 5.32 Å². The fourth-order valence-electron chi connectivity index (χ4n) is 1.59. The number of nitrogens with one attached hydrogen (secondary N) is 1.